The van der Waals surface area contributed by atoms with Crippen LogP contribution in [0.3, 0.4) is 0 Å². The van der Waals surface area contributed by atoms with Gasteiger partial charge in [0.25, 0.3) is 0 Å². The highest BCUT2D eigenvalue weighted by molar-refractivity contribution is 5.29. The molecule has 0 amide bonds. The molecule has 19 heavy (non-hydrogen) atoms. The minimum absolute atomic E-state index is 0.214. The van der Waals surface area contributed by atoms with Gasteiger partial charge in [0.2, 0.25) is 0 Å². The summed E-state index contributed by atoms with van der Waals surface area (Å²) in [7, 11) is 0. The molecule has 0 spiro atoms. The van der Waals surface area contributed by atoms with Crippen molar-refractivity contribution in [1.82, 2.24) is 5.32 Å². The van der Waals surface area contributed by atoms with E-state index >= 15 is 0 Å². The van der Waals surface area contributed by atoms with Crippen LogP contribution in [0.4, 0.5) is 4.39 Å². The third-order valence-corrected chi connectivity index (χ3v) is 3.72. The predicted molar refractivity (Wildman–Crippen MR) is 75.9 cm³/mol. The monoisotopic (exact) mass is 265 g/mol. The maximum atomic E-state index is 13.5. The summed E-state index contributed by atoms with van der Waals surface area (Å²) in [5.41, 5.74) is 0.945. The van der Waals surface area contributed by atoms with Crippen LogP contribution in [0, 0.1) is 11.7 Å². The van der Waals surface area contributed by atoms with Crippen LogP contribution in [0.1, 0.15) is 44.6 Å². The zero-order chi connectivity index (χ0) is 13.5. The molecule has 3 heteroatoms. The van der Waals surface area contributed by atoms with E-state index in [0.717, 1.165) is 18.7 Å². The van der Waals surface area contributed by atoms with Crippen molar-refractivity contribution in [3.8, 4) is 5.75 Å². The quantitative estimate of drug-likeness (QED) is 0.842. The lowest BCUT2D eigenvalue weighted by Crippen LogP contribution is -2.16. The van der Waals surface area contributed by atoms with E-state index in [2.05, 4.69) is 5.32 Å². The molecule has 1 saturated carbocycles. The maximum absolute atomic E-state index is 13.5. The minimum atomic E-state index is -0.214. The zero-order valence-electron chi connectivity index (χ0n) is 11.8. The van der Waals surface area contributed by atoms with Gasteiger partial charge in [0.15, 0.2) is 0 Å². The van der Waals surface area contributed by atoms with Gasteiger partial charge >= 0.3 is 0 Å². The van der Waals surface area contributed by atoms with Crippen LogP contribution in [-0.4, -0.2) is 13.2 Å². The van der Waals surface area contributed by atoms with Gasteiger partial charge < -0.3 is 10.1 Å². The van der Waals surface area contributed by atoms with Crippen molar-refractivity contribution in [3.05, 3.63) is 29.6 Å². The van der Waals surface area contributed by atoms with Gasteiger partial charge in [0.1, 0.15) is 11.6 Å². The van der Waals surface area contributed by atoms with E-state index in [4.69, 9.17) is 4.74 Å². The molecule has 1 aliphatic rings. The van der Waals surface area contributed by atoms with Crippen molar-refractivity contribution in [1.29, 1.82) is 0 Å². The molecule has 2 rings (SSSR count). The summed E-state index contributed by atoms with van der Waals surface area (Å²) in [5, 5.41) is 3.20. The molecule has 0 saturated heterocycles. The third-order valence-electron chi connectivity index (χ3n) is 3.72. The second-order valence-corrected chi connectivity index (χ2v) is 5.39. The first-order valence-electron chi connectivity index (χ1n) is 7.41. The van der Waals surface area contributed by atoms with E-state index in [1.165, 1.54) is 38.2 Å². The van der Waals surface area contributed by atoms with Crippen molar-refractivity contribution in [2.45, 2.75) is 45.6 Å². The maximum Gasteiger partial charge on any atom is 0.127 e. The Morgan fingerprint density at radius 1 is 1.21 bits per heavy atom. The molecule has 1 aromatic carbocycles. The molecular weight excluding hydrogens is 241 g/mol. The summed E-state index contributed by atoms with van der Waals surface area (Å²) in [4.78, 5) is 0. The smallest absolute Gasteiger partial charge is 0.127 e. The molecule has 0 aliphatic heterocycles. The SMILES string of the molecule is CCNCc1cc(F)cc(OCC2CCCCC2)c1. The first-order chi connectivity index (χ1) is 9.28. The molecule has 0 heterocycles. The topological polar surface area (TPSA) is 21.3 Å². The van der Waals surface area contributed by atoms with E-state index in [0.29, 0.717) is 18.2 Å². The largest absolute Gasteiger partial charge is 0.493 e. The molecule has 106 valence electrons. The van der Waals surface area contributed by atoms with E-state index in [9.17, 15) is 4.39 Å². The Balaban J connectivity index is 1.89. The van der Waals surface area contributed by atoms with E-state index in [1.54, 1.807) is 6.07 Å². The fraction of sp³-hybridized carbons (Fsp3) is 0.625. The summed E-state index contributed by atoms with van der Waals surface area (Å²) < 4.78 is 19.3. The normalized spacial score (nSPS) is 16.5. The summed E-state index contributed by atoms with van der Waals surface area (Å²) in [6.45, 7) is 4.34. The molecule has 2 nitrogen and oxygen atoms in total. The Hall–Kier alpha value is -1.09. The van der Waals surface area contributed by atoms with E-state index < -0.39 is 0 Å². The standard InChI is InChI=1S/C16H24FNO/c1-2-18-11-14-8-15(17)10-16(9-14)19-12-13-6-4-3-5-7-13/h8-10,13,18H,2-7,11-12H2,1H3. The fourth-order valence-electron chi connectivity index (χ4n) is 2.64. The predicted octanol–water partition coefficient (Wildman–Crippen LogP) is 3.89. The molecule has 1 fully saturated rings. The molecule has 0 aromatic heterocycles. The average Bonchev–Trinajstić information content (AvgIpc) is 2.43. The second kappa shape index (κ2) is 7.49. The lowest BCUT2D eigenvalue weighted by atomic mass is 9.90. The zero-order valence-corrected chi connectivity index (χ0v) is 11.8. The first kappa shape index (κ1) is 14.3. The second-order valence-electron chi connectivity index (χ2n) is 5.39. The van der Waals surface area contributed by atoms with Crippen molar-refractivity contribution in [2.75, 3.05) is 13.2 Å². The number of benzene rings is 1. The Labute approximate surface area is 115 Å². The average molecular weight is 265 g/mol. The molecule has 0 radical (unpaired) electrons. The Morgan fingerprint density at radius 2 is 2.00 bits per heavy atom. The molecule has 1 aliphatic carbocycles. The van der Waals surface area contributed by atoms with Crippen molar-refractivity contribution >= 4 is 0 Å². The molecule has 0 bridgehead atoms. The summed E-state index contributed by atoms with van der Waals surface area (Å²) >= 11 is 0. The molecule has 1 N–H and O–H groups in total. The van der Waals surface area contributed by atoms with Crippen LogP contribution in [0.15, 0.2) is 18.2 Å². The van der Waals surface area contributed by atoms with Gasteiger partial charge in [-0.25, -0.2) is 4.39 Å². The summed E-state index contributed by atoms with van der Waals surface area (Å²) in [6.07, 6.45) is 6.47. The van der Waals surface area contributed by atoms with Crippen LogP contribution >= 0.6 is 0 Å². The van der Waals surface area contributed by atoms with Gasteiger partial charge in [-0.15, -0.1) is 0 Å². The molecule has 0 unspecified atom stereocenters. The molecule has 1 aromatic rings. The lowest BCUT2D eigenvalue weighted by Gasteiger charge is -2.21. The van der Waals surface area contributed by atoms with Gasteiger partial charge in [0.05, 0.1) is 6.61 Å². The van der Waals surface area contributed by atoms with E-state index in [1.807, 2.05) is 13.0 Å². The van der Waals surface area contributed by atoms with Crippen LogP contribution in [-0.2, 0) is 6.54 Å². The summed E-state index contributed by atoms with van der Waals surface area (Å²) in [6, 6.07) is 4.99. The lowest BCUT2D eigenvalue weighted by molar-refractivity contribution is 0.208. The fourth-order valence-corrected chi connectivity index (χ4v) is 2.64. The van der Waals surface area contributed by atoms with Gasteiger partial charge in [-0.2, -0.15) is 0 Å². The number of hydrogen-bond donors (Lipinski definition) is 1. The minimum Gasteiger partial charge on any atom is -0.493 e. The van der Waals surface area contributed by atoms with Gasteiger partial charge in [0, 0.05) is 12.6 Å². The highest BCUT2D eigenvalue weighted by Gasteiger charge is 2.14. The molecule has 0 atom stereocenters. The molecular formula is C16H24FNO. The van der Waals surface area contributed by atoms with Crippen LogP contribution < -0.4 is 10.1 Å². The van der Waals surface area contributed by atoms with Crippen molar-refractivity contribution < 1.29 is 9.13 Å². The highest BCUT2D eigenvalue weighted by Crippen LogP contribution is 2.25. The van der Waals surface area contributed by atoms with Crippen LogP contribution in [0.2, 0.25) is 0 Å². The number of nitrogens with one attached hydrogen (secondary N) is 1. The number of rotatable bonds is 6. The van der Waals surface area contributed by atoms with Crippen molar-refractivity contribution in [2.24, 2.45) is 5.92 Å². The summed E-state index contributed by atoms with van der Waals surface area (Å²) in [5.74, 6) is 1.10. The van der Waals surface area contributed by atoms with E-state index in [-0.39, 0.29) is 5.82 Å². The number of ether oxygens (including phenoxy) is 1. The van der Waals surface area contributed by atoms with Gasteiger partial charge in [-0.1, -0.05) is 26.2 Å². The van der Waals surface area contributed by atoms with Gasteiger partial charge in [-0.3, -0.25) is 0 Å². The third kappa shape index (κ3) is 4.83. The number of hydrogen-bond acceptors (Lipinski definition) is 2. The van der Waals surface area contributed by atoms with Crippen LogP contribution in [0.25, 0.3) is 0 Å². The first-order valence-corrected chi connectivity index (χ1v) is 7.41. The Morgan fingerprint density at radius 3 is 2.74 bits per heavy atom. The van der Waals surface area contributed by atoms with Gasteiger partial charge in [-0.05, 0) is 43.0 Å². The highest BCUT2D eigenvalue weighted by atomic mass is 19.1. The van der Waals surface area contributed by atoms with Crippen LogP contribution in [0.5, 0.6) is 5.75 Å². The van der Waals surface area contributed by atoms with Crippen molar-refractivity contribution in [3.63, 3.8) is 0 Å². The number of halogens is 1. The Bertz CT molecular complexity index is 388. The Kier molecular flexibility index (Phi) is 5.64.